The fourth-order valence-electron chi connectivity index (χ4n) is 5.04. The lowest BCUT2D eigenvalue weighted by atomic mass is 9.96. The van der Waals surface area contributed by atoms with Gasteiger partial charge in [-0.3, -0.25) is 0 Å². The van der Waals surface area contributed by atoms with Crippen LogP contribution in [0.2, 0.25) is 0 Å². The van der Waals surface area contributed by atoms with Crippen molar-refractivity contribution in [3.8, 4) is 11.5 Å². The minimum absolute atomic E-state index is 0.432. The molecular weight excluding hydrogens is 316 g/mol. The molecule has 3 fully saturated rings. The zero-order chi connectivity index (χ0) is 13.9. The topological polar surface area (TPSA) is 18.5 Å². The van der Waals surface area contributed by atoms with Crippen molar-refractivity contribution >= 4 is 15.9 Å². The van der Waals surface area contributed by atoms with Gasteiger partial charge in [-0.25, -0.2) is 0 Å². The summed E-state index contributed by atoms with van der Waals surface area (Å²) in [5, 5.41) is 0. The Labute approximate surface area is 129 Å². The van der Waals surface area contributed by atoms with Crippen LogP contribution in [0.4, 0.5) is 0 Å². The van der Waals surface area contributed by atoms with Crippen LogP contribution in [0.1, 0.15) is 29.7 Å². The number of halogens is 1. The molecule has 0 saturated heterocycles. The van der Waals surface area contributed by atoms with Gasteiger partial charge in [0.15, 0.2) is 0 Å². The van der Waals surface area contributed by atoms with E-state index in [4.69, 9.17) is 9.47 Å². The summed E-state index contributed by atoms with van der Waals surface area (Å²) in [6.45, 7) is 0. The molecule has 0 radical (unpaired) electrons. The Hall–Kier alpha value is -0.700. The third-order valence-corrected chi connectivity index (χ3v) is 6.97. The molecule has 3 saturated carbocycles. The second-order valence-corrected chi connectivity index (χ2v) is 7.56. The van der Waals surface area contributed by atoms with Crippen molar-refractivity contribution in [2.75, 3.05) is 14.2 Å². The number of ether oxygens (including phenoxy) is 2. The lowest BCUT2D eigenvalue weighted by Gasteiger charge is -2.18. The normalized spacial score (nSPS) is 38.5. The Balaban J connectivity index is 1.59. The fraction of sp³-hybridized carbons (Fsp3) is 0.647. The van der Waals surface area contributed by atoms with E-state index in [2.05, 4.69) is 22.0 Å². The summed E-state index contributed by atoms with van der Waals surface area (Å²) in [5.74, 6) is 6.61. The molecule has 5 unspecified atom stereocenters. The van der Waals surface area contributed by atoms with Gasteiger partial charge in [-0.1, -0.05) is 22.0 Å². The number of rotatable bonds is 4. The fourth-order valence-corrected chi connectivity index (χ4v) is 6.12. The number of fused-ring (bicyclic) bond motifs is 5. The van der Waals surface area contributed by atoms with E-state index in [1.54, 1.807) is 14.2 Å². The summed E-state index contributed by atoms with van der Waals surface area (Å²) in [5.41, 5.74) is 1.28. The molecule has 3 aliphatic rings. The Morgan fingerprint density at radius 1 is 1.10 bits per heavy atom. The highest BCUT2D eigenvalue weighted by atomic mass is 79.9. The summed E-state index contributed by atoms with van der Waals surface area (Å²) in [7, 11) is 3.44. The summed E-state index contributed by atoms with van der Waals surface area (Å²) in [4.78, 5) is 0.432. The van der Waals surface area contributed by atoms with Crippen molar-refractivity contribution in [1.82, 2.24) is 0 Å². The van der Waals surface area contributed by atoms with Crippen LogP contribution in [0.5, 0.6) is 11.5 Å². The molecule has 4 rings (SSSR count). The van der Waals surface area contributed by atoms with Gasteiger partial charge < -0.3 is 9.47 Å². The Kier molecular flexibility index (Phi) is 3.03. The van der Waals surface area contributed by atoms with Gasteiger partial charge in [0.2, 0.25) is 0 Å². The smallest absolute Gasteiger partial charge is 0.126 e. The zero-order valence-corrected chi connectivity index (χ0v) is 13.6. The van der Waals surface area contributed by atoms with Gasteiger partial charge in [-0.05, 0) is 54.9 Å². The lowest BCUT2D eigenvalue weighted by Crippen LogP contribution is -2.05. The van der Waals surface area contributed by atoms with Crippen molar-refractivity contribution in [1.29, 1.82) is 0 Å². The monoisotopic (exact) mass is 336 g/mol. The highest BCUT2D eigenvalue weighted by molar-refractivity contribution is 9.09. The quantitative estimate of drug-likeness (QED) is 0.757. The molecule has 0 N–H and O–H groups in total. The third-order valence-electron chi connectivity index (χ3n) is 5.87. The van der Waals surface area contributed by atoms with E-state index >= 15 is 0 Å². The summed E-state index contributed by atoms with van der Waals surface area (Å²) in [6.07, 6.45) is 4.45. The van der Waals surface area contributed by atoms with Crippen LogP contribution in [0, 0.1) is 29.6 Å². The minimum atomic E-state index is 0.432. The molecule has 3 heteroatoms. The highest BCUT2D eigenvalue weighted by Gasteiger charge is 2.66. The molecule has 2 bridgehead atoms. The molecule has 0 aromatic heterocycles. The number of methoxy groups -OCH3 is 2. The SMILES string of the molecule is COc1ccc(C(Br)C2C3C4CCC(C4)C32)c(OC)c1. The second-order valence-electron chi connectivity index (χ2n) is 6.57. The number of hydrogen-bond acceptors (Lipinski definition) is 2. The lowest BCUT2D eigenvalue weighted by molar-refractivity contribution is 0.387. The Morgan fingerprint density at radius 2 is 1.80 bits per heavy atom. The van der Waals surface area contributed by atoms with E-state index < -0.39 is 0 Å². The largest absolute Gasteiger partial charge is 0.497 e. The third kappa shape index (κ3) is 1.75. The first-order valence-electron chi connectivity index (χ1n) is 7.60. The standard InChI is InChI=1S/C17H21BrO2/c1-19-11-5-6-12(13(8-11)20-2)17(18)16-14-9-3-4-10(7-9)15(14)16/h5-6,8-10,14-17H,3-4,7H2,1-2H3. The zero-order valence-electron chi connectivity index (χ0n) is 12.0. The molecule has 0 spiro atoms. The van der Waals surface area contributed by atoms with Gasteiger partial charge in [0.25, 0.3) is 0 Å². The molecule has 1 aromatic rings. The van der Waals surface area contributed by atoms with Gasteiger partial charge in [-0.2, -0.15) is 0 Å². The van der Waals surface area contributed by atoms with Crippen LogP contribution in [0.15, 0.2) is 18.2 Å². The maximum atomic E-state index is 5.57. The van der Waals surface area contributed by atoms with Gasteiger partial charge in [0, 0.05) is 16.5 Å². The predicted octanol–water partition coefficient (Wildman–Crippen LogP) is 4.43. The first kappa shape index (κ1) is 13.0. The van der Waals surface area contributed by atoms with Gasteiger partial charge in [0.05, 0.1) is 14.2 Å². The van der Waals surface area contributed by atoms with Gasteiger partial charge in [0.1, 0.15) is 11.5 Å². The molecule has 0 aliphatic heterocycles. The maximum absolute atomic E-state index is 5.57. The van der Waals surface area contributed by atoms with Crippen molar-refractivity contribution in [2.45, 2.75) is 24.1 Å². The van der Waals surface area contributed by atoms with Crippen molar-refractivity contribution in [3.63, 3.8) is 0 Å². The van der Waals surface area contributed by atoms with E-state index in [1.165, 1.54) is 24.8 Å². The molecule has 1 aromatic carbocycles. The molecule has 5 atom stereocenters. The Morgan fingerprint density at radius 3 is 2.40 bits per heavy atom. The first-order chi connectivity index (χ1) is 9.74. The molecule has 0 amide bonds. The molecule has 2 nitrogen and oxygen atoms in total. The highest BCUT2D eigenvalue weighted by Crippen LogP contribution is 2.73. The summed E-state index contributed by atoms with van der Waals surface area (Å²) < 4.78 is 10.9. The van der Waals surface area contributed by atoms with Crippen LogP contribution in [0.3, 0.4) is 0 Å². The van der Waals surface area contributed by atoms with Crippen molar-refractivity contribution in [2.24, 2.45) is 29.6 Å². The van der Waals surface area contributed by atoms with Gasteiger partial charge >= 0.3 is 0 Å². The Bertz CT molecular complexity index is 514. The van der Waals surface area contributed by atoms with Crippen molar-refractivity contribution < 1.29 is 9.47 Å². The molecule has 20 heavy (non-hydrogen) atoms. The number of alkyl halides is 1. The van der Waals surface area contributed by atoms with E-state index in [0.29, 0.717) is 4.83 Å². The average molecular weight is 337 g/mol. The van der Waals surface area contributed by atoms with Crippen LogP contribution in [-0.4, -0.2) is 14.2 Å². The first-order valence-corrected chi connectivity index (χ1v) is 8.52. The van der Waals surface area contributed by atoms with Crippen LogP contribution >= 0.6 is 15.9 Å². The second kappa shape index (κ2) is 4.66. The summed E-state index contributed by atoms with van der Waals surface area (Å²) >= 11 is 3.97. The molecule has 0 heterocycles. The molecule has 108 valence electrons. The van der Waals surface area contributed by atoms with Gasteiger partial charge in [-0.15, -0.1) is 0 Å². The van der Waals surface area contributed by atoms with E-state index in [-0.39, 0.29) is 0 Å². The minimum Gasteiger partial charge on any atom is -0.497 e. The van der Waals surface area contributed by atoms with Crippen LogP contribution in [-0.2, 0) is 0 Å². The van der Waals surface area contributed by atoms with E-state index in [0.717, 1.165) is 41.1 Å². The van der Waals surface area contributed by atoms with Crippen LogP contribution in [0.25, 0.3) is 0 Å². The molecule has 3 aliphatic carbocycles. The maximum Gasteiger partial charge on any atom is 0.126 e. The van der Waals surface area contributed by atoms with Crippen molar-refractivity contribution in [3.05, 3.63) is 23.8 Å². The number of benzene rings is 1. The average Bonchev–Trinajstić information content (AvgIpc) is 2.93. The van der Waals surface area contributed by atoms with Crippen LogP contribution < -0.4 is 9.47 Å². The van der Waals surface area contributed by atoms with E-state index in [9.17, 15) is 0 Å². The number of hydrogen-bond donors (Lipinski definition) is 0. The molecular formula is C17H21BrO2. The summed E-state index contributed by atoms with van der Waals surface area (Å²) in [6, 6.07) is 6.20. The predicted molar refractivity (Wildman–Crippen MR) is 82.5 cm³/mol. The van der Waals surface area contributed by atoms with E-state index in [1.807, 2.05) is 12.1 Å².